The van der Waals surface area contributed by atoms with Crippen molar-refractivity contribution in [3.8, 4) is 0 Å². The largest absolute Gasteiger partial charge is 0.381 e. The zero-order chi connectivity index (χ0) is 13.7. The van der Waals surface area contributed by atoms with Crippen LogP contribution in [0.2, 0.25) is 0 Å². The van der Waals surface area contributed by atoms with Gasteiger partial charge in [0.1, 0.15) is 11.6 Å². The van der Waals surface area contributed by atoms with Crippen LogP contribution in [-0.2, 0) is 4.74 Å². The summed E-state index contributed by atoms with van der Waals surface area (Å²) >= 11 is 0. The molecule has 0 aliphatic rings. The molecule has 0 amide bonds. The lowest BCUT2D eigenvalue weighted by Gasteiger charge is -2.07. The predicted molar refractivity (Wildman–Crippen MR) is 72.6 cm³/mol. The summed E-state index contributed by atoms with van der Waals surface area (Å²) in [5.74, 6) is 1.33. The quantitative estimate of drug-likeness (QED) is 0.728. The molecule has 0 fully saturated rings. The van der Waals surface area contributed by atoms with Crippen LogP contribution in [0.25, 0.3) is 5.65 Å². The molecule has 0 aromatic carbocycles. The van der Waals surface area contributed by atoms with Crippen molar-refractivity contribution >= 4 is 11.5 Å². The molecule has 19 heavy (non-hydrogen) atoms. The lowest BCUT2D eigenvalue weighted by Crippen LogP contribution is -2.14. The van der Waals surface area contributed by atoms with E-state index in [4.69, 9.17) is 4.74 Å². The van der Waals surface area contributed by atoms with E-state index in [1.807, 2.05) is 0 Å². The number of aryl methyl sites for hydroxylation is 1. The van der Waals surface area contributed by atoms with Crippen molar-refractivity contribution in [1.82, 2.24) is 19.6 Å². The van der Waals surface area contributed by atoms with Gasteiger partial charge in [0.25, 0.3) is 0 Å². The second-order valence-corrected chi connectivity index (χ2v) is 4.30. The molecule has 0 radical (unpaired) electrons. The first-order chi connectivity index (χ1) is 9.22. The SMILES string of the molecule is CCCOCCCNc1cc2n[nH]c(=O)n2c(C)n1. The molecule has 0 aliphatic carbocycles. The van der Waals surface area contributed by atoms with Gasteiger partial charge in [0.05, 0.1) is 0 Å². The second-order valence-electron chi connectivity index (χ2n) is 4.30. The number of aromatic nitrogens is 4. The van der Waals surface area contributed by atoms with Gasteiger partial charge in [0.15, 0.2) is 5.65 Å². The van der Waals surface area contributed by atoms with E-state index in [1.54, 1.807) is 13.0 Å². The average Bonchev–Trinajstić information content (AvgIpc) is 2.76. The molecule has 0 spiro atoms. The molecule has 0 saturated carbocycles. The Morgan fingerprint density at radius 1 is 1.47 bits per heavy atom. The zero-order valence-electron chi connectivity index (χ0n) is 11.3. The van der Waals surface area contributed by atoms with Crippen molar-refractivity contribution in [2.75, 3.05) is 25.1 Å². The Labute approximate surface area is 111 Å². The highest BCUT2D eigenvalue weighted by Gasteiger charge is 2.06. The summed E-state index contributed by atoms with van der Waals surface area (Å²) in [7, 11) is 0. The van der Waals surface area contributed by atoms with Crippen LogP contribution >= 0.6 is 0 Å². The molecule has 0 saturated heterocycles. The maximum atomic E-state index is 11.4. The van der Waals surface area contributed by atoms with E-state index in [0.717, 1.165) is 38.4 Å². The average molecular weight is 265 g/mol. The van der Waals surface area contributed by atoms with Crippen LogP contribution in [0.15, 0.2) is 10.9 Å². The number of hydrogen-bond acceptors (Lipinski definition) is 5. The molecular weight excluding hydrogens is 246 g/mol. The van der Waals surface area contributed by atoms with Gasteiger partial charge in [-0.15, -0.1) is 0 Å². The first-order valence-electron chi connectivity index (χ1n) is 6.48. The van der Waals surface area contributed by atoms with Gasteiger partial charge in [-0.3, -0.25) is 0 Å². The Morgan fingerprint density at radius 3 is 3.11 bits per heavy atom. The van der Waals surface area contributed by atoms with Crippen molar-refractivity contribution in [2.24, 2.45) is 0 Å². The molecule has 104 valence electrons. The van der Waals surface area contributed by atoms with Gasteiger partial charge in [0.2, 0.25) is 0 Å². The van der Waals surface area contributed by atoms with Crippen LogP contribution in [0.3, 0.4) is 0 Å². The second kappa shape index (κ2) is 6.33. The van der Waals surface area contributed by atoms with Crippen LogP contribution in [0.1, 0.15) is 25.6 Å². The molecule has 2 rings (SSSR count). The van der Waals surface area contributed by atoms with Gasteiger partial charge in [-0.2, -0.15) is 5.10 Å². The summed E-state index contributed by atoms with van der Waals surface area (Å²) in [5, 5.41) is 9.54. The zero-order valence-corrected chi connectivity index (χ0v) is 11.3. The minimum Gasteiger partial charge on any atom is -0.381 e. The van der Waals surface area contributed by atoms with Gasteiger partial charge < -0.3 is 10.1 Å². The summed E-state index contributed by atoms with van der Waals surface area (Å²) in [4.78, 5) is 15.8. The highest BCUT2D eigenvalue weighted by molar-refractivity contribution is 5.49. The number of hydrogen-bond donors (Lipinski definition) is 2. The Balaban J connectivity index is 1.92. The van der Waals surface area contributed by atoms with Crippen LogP contribution in [0.5, 0.6) is 0 Å². The molecule has 2 aromatic heterocycles. The topological polar surface area (TPSA) is 84.3 Å². The summed E-state index contributed by atoms with van der Waals surface area (Å²) in [5.41, 5.74) is 0.307. The maximum absolute atomic E-state index is 11.4. The molecule has 0 atom stereocenters. The number of nitrogens with zero attached hydrogens (tertiary/aromatic N) is 3. The lowest BCUT2D eigenvalue weighted by atomic mass is 10.4. The van der Waals surface area contributed by atoms with E-state index in [2.05, 4.69) is 27.4 Å². The molecular formula is C12H19N5O2. The third-order valence-electron chi connectivity index (χ3n) is 2.69. The van der Waals surface area contributed by atoms with E-state index >= 15 is 0 Å². The number of aromatic amines is 1. The Bertz CT molecular complexity index is 589. The van der Waals surface area contributed by atoms with Crippen LogP contribution < -0.4 is 11.0 Å². The molecule has 0 unspecified atom stereocenters. The number of rotatable bonds is 7. The monoisotopic (exact) mass is 265 g/mol. The molecule has 0 aliphatic heterocycles. The first-order valence-corrected chi connectivity index (χ1v) is 6.48. The van der Waals surface area contributed by atoms with Crippen molar-refractivity contribution in [1.29, 1.82) is 0 Å². The molecule has 2 N–H and O–H groups in total. The molecule has 2 aromatic rings. The van der Waals surface area contributed by atoms with E-state index < -0.39 is 0 Å². The Morgan fingerprint density at radius 2 is 2.32 bits per heavy atom. The summed E-state index contributed by atoms with van der Waals surface area (Å²) in [6.07, 6.45) is 1.96. The van der Waals surface area contributed by atoms with E-state index in [-0.39, 0.29) is 5.69 Å². The number of fused-ring (bicyclic) bond motifs is 1. The van der Waals surface area contributed by atoms with Crippen molar-refractivity contribution in [3.05, 3.63) is 22.4 Å². The van der Waals surface area contributed by atoms with Gasteiger partial charge >= 0.3 is 5.69 Å². The summed E-state index contributed by atoms with van der Waals surface area (Å²) < 4.78 is 6.83. The van der Waals surface area contributed by atoms with Crippen LogP contribution in [-0.4, -0.2) is 39.3 Å². The molecule has 7 nitrogen and oxygen atoms in total. The summed E-state index contributed by atoms with van der Waals surface area (Å²) in [6.45, 7) is 6.19. The highest BCUT2D eigenvalue weighted by atomic mass is 16.5. The van der Waals surface area contributed by atoms with Crippen LogP contribution in [0.4, 0.5) is 5.82 Å². The van der Waals surface area contributed by atoms with Gasteiger partial charge in [0, 0.05) is 25.8 Å². The minimum absolute atomic E-state index is 0.264. The fraction of sp³-hybridized carbons (Fsp3) is 0.583. The predicted octanol–water partition coefficient (Wildman–Crippen LogP) is 0.955. The van der Waals surface area contributed by atoms with Crippen molar-refractivity contribution in [2.45, 2.75) is 26.7 Å². The third-order valence-corrected chi connectivity index (χ3v) is 2.69. The van der Waals surface area contributed by atoms with Gasteiger partial charge in [-0.05, 0) is 19.8 Å². The fourth-order valence-electron chi connectivity index (χ4n) is 1.83. The van der Waals surface area contributed by atoms with Crippen molar-refractivity contribution in [3.63, 3.8) is 0 Å². The lowest BCUT2D eigenvalue weighted by molar-refractivity contribution is 0.134. The maximum Gasteiger partial charge on any atom is 0.349 e. The van der Waals surface area contributed by atoms with Gasteiger partial charge in [-0.1, -0.05) is 6.92 Å². The third kappa shape index (κ3) is 3.31. The summed E-state index contributed by atoms with van der Waals surface area (Å²) in [6, 6.07) is 1.75. The normalized spacial score (nSPS) is 11.1. The van der Waals surface area contributed by atoms with Gasteiger partial charge in [-0.25, -0.2) is 19.3 Å². The number of ether oxygens (including phenoxy) is 1. The molecule has 0 bridgehead atoms. The smallest absolute Gasteiger partial charge is 0.349 e. The minimum atomic E-state index is -0.264. The van der Waals surface area contributed by atoms with E-state index in [1.165, 1.54) is 4.40 Å². The standard InChI is InChI=1S/C12H19N5O2/c1-3-6-19-7-4-5-13-10-8-11-15-16-12(18)17(11)9(2)14-10/h8,13H,3-7H2,1-2H3,(H,16,18). The van der Waals surface area contributed by atoms with Crippen LogP contribution in [0, 0.1) is 6.92 Å². The Kier molecular flexibility index (Phi) is 4.51. The number of H-pyrrole nitrogens is 1. The fourth-order valence-corrected chi connectivity index (χ4v) is 1.83. The number of nitrogens with one attached hydrogen (secondary N) is 2. The highest BCUT2D eigenvalue weighted by Crippen LogP contribution is 2.07. The van der Waals surface area contributed by atoms with E-state index in [0.29, 0.717) is 11.5 Å². The first kappa shape index (κ1) is 13.5. The van der Waals surface area contributed by atoms with E-state index in [9.17, 15) is 4.79 Å². The number of anilines is 1. The Hall–Kier alpha value is -1.89. The van der Waals surface area contributed by atoms with Crippen molar-refractivity contribution < 1.29 is 4.74 Å². The molecule has 2 heterocycles. The molecule has 7 heteroatoms.